The second-order valence-electron chi connectivity index (χ2n) is 4.45. The van der Waals surface area contributed by atoms with Crippen LogP contribution in [0.4, 0.5) is 0 Å². The Balaban J connectivity index is 1.83. The van der Waals surface area contributed by atoms with E-state index in [4.69, 9.17) is 0 Å². The van der Waals surface area contributed by atoms with Crippen LogP contribution in [-0.4, -0.2) is 31.4 Å². The molecule has 0 saturated heterocycles. The van der Waals surface area contributed by atoms with E-state index in [0.717, 1.165) is 24.4 Å². The summed E-state index contributed by atoms with van der Waals surface area (Å²) in [6, 6.07) is 9.73. The minimum absolute atomic E-state index is 0.316. The van der Waals surface area contributed by atoms with Crippen LogP contribution in [0.1, 0.15) is 18.7 Å². The van der Waals surface area contributed by atoms with E-state index in [1.54, 1.807) is 4.68 Å². The van der Waals surface area contributed by atoms with Crippen LogP contribution in [0.25, 0.3) is 5.69 Å². The van der Waals surface area contributed by atoms with Crippen molar-refractivity contribution in [2.45, 2.75) is 25.4 Å². The van der Waals surface area contributed by atoms with Gasteiger partial charge >= 0.3 is 0 Å². The summed E-state index contributed by atoms with van der Waals surface area (Å²) in [5, 5.41) is 21.6. The molecule has 5 nitrogen and oxygen atoms in total. The van der Waals surface area contributed by atoms with Crippen molar-refractivity contribution in [1.29, 1.82) is 0 Å². The van der Waals surface area contributed by atoms with E-state index in [1.165, 1.54) is 0 Å². The fourth-order valence-electron chi connectivity index (χ4n) is 1.94. The van der Waals surface area contributed by atoms with Crippen LogP contribution in [0.2, 0.25) is 0 Å². The van der Waals surface area contributed by atoms with Crippen LogP contribution in [0.15, 0.2) is 30.3 Å². The maximum absolute atomic E-state index is 9.92. The number of aromatic nitrogens is 4. The first-order valence-electron chi connectivity index (χ1n) is 5.85. The lowest BCUT2D eigenvalue weighted by atomic mass is 10.1. The monoisotopic (exact) mass is 230 g/mol. The Morgan fingerprint density at radius 2 is 2.06 bits per heavy atom. The van der Waals surface area contributed by atoms with E-state index >= 15 is 0 Å². The quantitative estimate of drug-likeness (QED) is 0.850. The summed E-state index contributed by atoms with van der Waals surface area (Å²) in [5.74, 6) is 1.16. The minimum atomic E-state index is -0.316. The molecule has 1 aromatic carbocycles. The predicted octanol–water partition coefficient (Wildman–Crippen LogP) is 0.976. The Morgan fingerprint density at radius 1 is 1.29 bits per heavy atom. The van der Waals surface area contributed by atoms with Crippen molar-refractivity contribution >= 4 is 0 Å². The van der Waals surface area contributed by atoms with Gasteiger partial charge in [-0.1, -0.05) is 18.2 Å². The standard InChI is InChI=1S/C12H14N4O/c17-11(9-6-7-9)8-12-13-14-15-16(12)10-4-2-1-3-5-10/h1-5,9,11,17H,6-8H2. The lowest BCUT2D eigenvalue weighted by Gasteiger charge is -2.08. The average molecular weight is 230 g/mol. The zero-order valence-electron chi connectivity index (χ0n) is 9.40. The molecule has 88 valence electrons. The molecule has 2 aromatic rings. The molecule has 5 heteroatoms. The van der Waals surface area contributed by atoms with E-state index in [9.17, 15) is 5.11 Å². The van der Waals surface area contributed by atoms with Gasteiger partial charge in [0.2, 0.25) is 0 Å². The average Bonchev–Trinajstić information content (AvgIpc) is 3.12. The largest absolute Gasteiger partial charge is 0.392 e. The van der Waals surface area contributed by atoms with Crippen LogP contribution in [0.3, 0.4) is 0 Å². The summed E-state index contributed by atoms with van der Waals surface area (Å²) in [5.41, 5.74) is 0.926. The summed E-state index contributed by atoms with van der Waals surface area (Å²) < 4.78 is 1.69. The molecular formula is C12H14N4O. The van der Waals surface area contributed by atoms with Crippen LogP contribution in [0, 0.1) is 5.92 Å². The smallest absolute Gasteiger partial charge is 0.159 e. The Morgan fingerprint density at radius 3 is 2.76 bits per heavy atom. The van der Waals surface area contributed by atoms with Gasteiger partial charge < -0.3 is 5.11 Å². The molecule has 0 spiro atoms. The molecule has 1 fully saturated rings. The van der Waals surface area contributed by atoms with Crippen molar-refractivity contribution in [2.75, 3.05) is 0 Å². The number of rotatable bonds is 4. The second-order valence-corrected chi connectivity index (χ2v) is 4.45. The van der Waals surface area contributed by atoms with Gasteiger partial charge in [-0.3, -0.25) is 0 Å². The van der Waals surface area contributed by atoms with Gasteiger partial charge in [0.05, 0.1) is 11.8 Å². The molecule has 1 N–H and O–H groups in total. The summed E-state index contributed by atoms with van der Waals surface area (Å²) in [6.07, 6.45) is 2.44. The van der Waals surface area contributed by atoms with Crippen molar-refractivity contribution in [3.05, 3.63) is 36.2 Å². The third-order valence-corrected chi connectivity index (χ3v) is 3.09. The molecule has 3 rings (SSSR count). The molecule has 1 aliphatic rings. The zero-order chi connectivity index (χ0) is 11.7. The maximum atomic E-state index is 9.92. The van der Waals surface area contributed by atoms with Gasteiger partial charge in [0.25, 0.3) is 0 Å². The number of aliphatic hydroxyl groups is 1. The highest BCUT2D eigenvalue weighted by atomic mass is 16.3. The van der Waals surface area contributed by atoms with Crippen molar-refractivity contribution in [1.82, 2.24) is 20.2 Å². The van der Waals surface area contributed by atoms with Gasteiger partial charge in [-0.05, 0) is 41.3 Å². The maximum Gasteiger partial charge on any atom is 0.159 e. The number of hydrogen-bond donors (Lipinski definition) is 1. The van der Waals surface area contributed by atoms with Crippen LogP contribution < -0.4 is 0 Å². The molecule has 1 saturated carbocycles. The molecule has 1 aromatic heterocycles. The van der Waals surface area contributed by atoms with E-state index in [-0.39, 0.29) is 6.10 Å². The number of nitrogens with zero attached hydrogens (tertiary/aromatic N) is 4. The highest BCUT2D eigenvalue weighted by molar-refractivity contribution is 5.30. The molecule has 0 radical (unpaired) electrons. The van der Waals surface area contributed by atoms with E-state index < -0.39 is 0 Å². The number of para-hydroxylation sites is 1. The van der Waals surface area contributed by atoms with E-state index in [0.29, 0.717) is 12.3 Å². The van der Waals surface area contributed by atoms with Gasteiger partial charge in [-0.25, -0.2) is 0 Å². The first-order valence-corrected chi connectivity index (χ1v) is 5.85. The Labute approximate surface area is 99.1 Å². The number of hydrogen-bond acceptors (Lipinski definition) is 4. The van der Waals surface area contributed by atoms with Crippen LogP contribution in [-0.2, 0) is 6.42 Å². The molecule has 1 unspecified atom stereocenters. The van der Waals surface area contributed by atoms with Gasteiger partial charge in [0.15, 0.2) is 5.82 Å². The van der Waals surface area contributed by atoms with Crippen LogP contribution in [0.5, 0.6) is 0 Å². The topological polar surface area (TPSA) is 63.8 Å². The SMILES string of the molecule is OC(Cc1nnnn1-c1ccccc1)C1CC1. The fraction of sp³-hybridized carbons (Fsp3) is 0.417. The summed E-state index contributed by atoms with van der Waals surface area (Å²) in [7, 11) is 0. The Bertz CT molecular complexity index is 492. The van der Waals surface area contributed by atoms with Crippen molar-refractivity contribution in [3.63, 3.8) is 0 Å². The molecular weight excluding hydrogens is 216 g/mol. The first-order chi connectivity index (χ1) is 8.34. The third kappa shape index (κ3) is 2.19. The summed E-state index contributed by atoms with van der Waals surface area (Å²) >= 11 is 0. The highest BCUT2D eigenvalue weighted by Gasteiger charge is 2.31. The van der Waals surface area contributed by atoms with Gasteiger partial charge in [0.1, 0.15) is 0 Å². The Kier molecular flexibility index (Phi) is 2.60. The van der Waals surface area contributed by atoms with E-state index in [2.05, 4.69) is 15.5 Å². The lowest BCUT2D eigenvalue weighted by molar-refractivity contribution is 0.148. The van der Waals surface area contributed by atoms with Crippen LogP contribution >= 0.6 is 0 Å². The molecule has 1 heterocycles. The molecule has 0 bridgehead atoms. The van der Waals surface area contributed by atoms with Crippen molar-refractivity contribution in [2.24, 2.45) is 5.92 Å². The van der Waals surface area contributed by atoms with Gasteiger partial charge in [-0.15, -0.1) is 5.10 Å². The molecule has 1 atom stereocenters. The Hall–Kier alpha value is -1.75. The lowest BCUT2D eigenvalue weighted by Crippen LogP contribution is -2.16. The zero-order valence-corrected chi connectivity index (χ0v) is 9.40. The minimum Gasteiger partial charge on any atom is -0.392 e. The number of benzene rings is 1. The fourth-order valence-corrected chi connectivity index (χ4v) is 1.94. The molecule has 0 amide bonds. The molecule has 1 aliphatic carbocycles. The van der Waals surface area contributed by atoms with E-state index in [1.807, 2.05) is 30.3 Å². The van der Waals surface area contributed by atoms with Crippen molar-refractivity contribution in [3.8, 4) is 5.69 Å². The summed E-state index contributed by atoms with van der Waals surface area (Å²) in [6.45, 7) is 0. The summed E-state index contributed by atoms with van der Waals surface area (Å²) in [4.78, 5) is 0. The normalized spacial score (nSPS) is 17.0. The molecule has 0 aliphatic heterocycles. The molecule has 17 heavy (non-hydrogen) atoms. The van der Waals surface area contributed by atoms with Gasteiger partial charge in [0, 0.05) is 6.42 Å². The van der Waals surface area contributed by atoms with Crippen molar-refractivity contribution < 1.29 is 5.11 Å². The predicted molar refractivity (Wildman–Crippen MR) is 61.6 cm³/mol. The number of tetrazole rings is 1. The third-order valence-electron chi connectivity index (χ3n) is 3.09. The second kappa shape index (κ2) is 4.25. The van der Waals surface area contributed by atoms with Gasteiger partial charge in [-0.2, -0.15) is 4.68 Å². The highest BCUT2D eigenvalue weighted by Crippen LogP contribution is 2.33. The first kappa shape index (κ1) is 10.4. The number of aliphatic hydroxyl groups excluding tert-OH is 1.